The molecule has 2 unspecified atom stereocenters. The van der Waals surface area contributed by atoms with E-state index in [1.165, 1.54) is 99.1 Å². The Morgan fingerprint density at radius 2 is 0.935 bits per heavy atom. The van der Waals surface area contributed by atoms with Crippen LogP contribution >= 0.6 is 66.7 Å². The Morgan fingerprint density at radius 3 is 1.24 bits per heavy atom. The molecule has 0 aliphatic carbocycles. The number of methoxy groups -OCH3 is 2. The van der Waals surface area contributed by atoms with Crippen molar-refractivity contribution in [1.29, 1.82) is 10.5 Å². The molecular weight excluding hydrogens is 1410 g/mol. The van der Waals surface area contributed by atoms with Gasteiger partial charge in [-0.05, 0) is 188 Å². The number of hydrogen-bond acceptors (Lipinski definition) is 11. The Hall–Kier alpha value is -7.65. The van der Waals surface area contributed by atoms with E-state index in [0.29, 0.717) is 53.7 Å². The van der Waals surface area contributed by atoms with Crippen LogP contribution in [0.25, 0.3) is 0 Å². The molecule has 28 heteroatoms. The molecule has 0 fully saturated rings. The second-order valence-corrected chi connectivity index (χ2v) is 22.4. The molecule has 0 radical (unpaired) electrons. The monoisotopic (exact) mass is 1470 g/mol. The number of anilines is 4. The predicted octanol–water partition coefficient (Wildman–Crippen LogP) is 17.4. The molecule has 0 aromatic heterocycles. The van der Waals surface area contributed by atoms with Gasteiger partial charge in [-0.15, -0.1) is 0 Å². The first-order chi connectivity index (χ1) is 42.9. The maximum atomic E-state index is 14.7. The lowest BCUT2D eigenvalue weighted by Crippen LogP contribution is -2.37. The smallest absolute Gasteiger partial charge is 0.426 e. The Kier molecular flexibility index (Phi) is 29.3. The maximum Gasteiger partial charge on any atom is 0.426 e. The highest BCUT2D eigenvalue weighted by molar-refractivity contribution is 9.11. The number of nitrogens with one attached hydrogen (secondary N) is 1. The molecule has 492 valence electrons. The van der Waals surface area contributed by atoms with E-state index >= 15 is 0 Å². The maximum absolute atomic E-state index is 14.7. The van der Waals surface area contributed by atoms with Gasteiger partial charge in [0.05, 0.1) is 81.4 Å². The van der Waals surface area contributed by atoms with Crippen LogP contribution in [0, 0.1) is 22.7 Å². The highest BCUT2D eigenvalue weighted by Crippen LogP contribution is 2.48. The van der Waals surface area contributed by atoms with E-state index in [1.807, 2.05) is 19.1 Å². The number of para-hydroxylation sites is 2. The van der Waals surface area contributed by atoms with Crippen molar-refractivity contribution in [3.8, 4) is 23.6 Å². The van der Waals surface area contributed by atoms with Gasteiger partial charge in [0.15, 0.2) is 11.5 Å². The molecule has 6 aromatic carbocycles. The summed E-state index contributed by atoms with van der Waals surface area (Å²) in [5, 5.41) is 18.9. The van der Waals surface area contributed by atoms with E-state index in [4.69, 9.17) is 54.8 Å². The van der Waals surface area contributed by atoms with Gasteiger partial charge in [-0.25, -0.2) is 13.7 Å². The highest BCUT2D eigenvalue weighted by atomic mass is 79.9. The van der Waals surface area contributed by atoms with Gasteiger partial charge in [0, 0.05) is 58.1 Å². The number of carbonyl (C=O) groups is 6. The number of amides is 5. The van der Waals surface area contributed by atoms with E-state index in [1.54, 1.807) is 43.3 Å². The number of imide groups is 1. The van der Waals surface area contributed by atoms with Crippen LogP contribution in [-0.4, -0.2) is 99.0 Å². The first-order valence-electron chi connectivity index (χ1n) is 27.5. The van der Waals surface area contributed by atoms with Gasteiger partial charge in [-0.1, -0.05) is 56.1 Å². The van der Waals surface area contributed by atoms with Gasteiger partial charge in [0.2, 0.25) is 23.2 Å². The summed E-state index contributed by atoms with van der Waals surface area (Å²) in [7, 11) is 2.67. The van der Waals surface area contributed by atoms with Gasteiger partial charge in [0.25, 0.3) is 23.0 Å². The van der Waals surface area contributed by atoms with E-state index in [0.717, 1.165) is 25.1 Å². The molecule has 0 aliphatic rings. The summed E-state index contributed by atoms with van der Waals surface area (Å²) in [5.74, 6) is -2.83. The zero-order chi connectivity index (χ0) is 70.0. The number of benzene rings is 6. The minimum absolute atomic E-state index is 0.0679. The minimum atomic E-state index is -5.26. The lowest BCUT2D eigenvalue weighted by Gasteiger charge is -2.28. The Morgan fingerprint density at radius 1 is 0.554 bits per heavy atom. The van der Waals surface area contributed by atoms with Crippen molar-refractivity contribution in [3.05, 3.63) is 173 Å². The summed E-state index contributed by atoms with van der Waals surface area (Å²) in [4.78, 5) is 81.0. The van der Waals surface area contributed by atoms with Crippen LogP contribution in [0.5, 0.6) is 11.5 Å². The van der Waals surface area contributed by atoms with Crippen molar-refractivity contribution >= 4 is 124 Å². The lowest BCUT2D eigenvalue weighted by atomic mass is 9.96. The Bertz CT molecular complexity index is 3680. The topological polar surface area (TPSA) is 193 Å². The van der Waals surface area contributed by atoms with E-state index < -0.39 is 68.7 Å². The molecular formula is C64H62Br2Cl3F8N7O8. The van der Waals surface area contributed by atoms with Gasteiger partial charge < -0.3 is 29.5 Å². The van der Waals surface area contributed by atoms with Crippen molar-refractivity contribution in [2.45, 2.75) is 86.0 Å². The van der Waals surface area contributed by atoms with Gasteiger partial charge >= 0.3 is 12.4 Å². The number of ether oxygens (including phenoxy) is 2. The summed E-state index contributed by atoms with van der Waals surface area (Å²) < 4.78 is 117. The van der Waals surface area contributed by atoms with Crippen molar-refractivity contribution < 1.29 is 73.4 Å². The van der Waals surface area contributed by atoms with E-state index in [-0.39, 0.29) is 71.7 Å². The molecule has 2 atom stereocenters. The number of hydrogen-bond donors (Lipinski definition) is 1. The quantitative estimate of drug-likeness (QED) is 0.0674. The fourth-order valence-electron chi connectivity index (χ4n) is 8.47. The van der Waals surface area contributed by atoms with Crippen molar-refractivity contribution in [3.63, 3.8) is 0 Å². The molecule has 5 amide bonds. The third-order valence-electron chi connectivity index (χ3n) is 13.7. The number of nitriles is 2. The molecule has 6 rings (SSSR count). The van der Waals surface area contributed by atoms with Crippen LogP contribution in [0.15, 0.2) is 118 Å². The zero-order valence-corrected chi connectivity index (χ0v) is 56.7. The molecule has 0 heterocycles. The molecule has 6 aromatic rings. The molecule has 0 saturated heterocycles. The number of rotatable bonds is 17. The second-order valence-electron chi connectivity index (χ2n) is 19.5. The third-order valence-corrected chi connectivity index (χ3v) is 15.7. The van der Waals surface area contributed by atoms with Crippen LogP contribution in [0.2, 0.25) is 10.0 Å². The lowest BCUT2D eigenvalue weighted by molar-refractivity contribution is -0.229. The molecule has 0 saturated carbocycles. The number of halogens is 13. The van der Waals surface area contributed by atoms with Crippen molar-refractivity contribution in [2.75, 3.05) is 67.0 Å². The highest BCUT2D eigenvalue weighted by Gasteiger charge is 2.55. The molecule has 1 N–H and O–H groups in total. The molecule has 92 heavy (non-hydrogen) atoms. The van der Waals surface area contributed by atoms with Gasteiger partial charge in [-0.2, -0.15) is 36.9 Å². The van der Waals surface area contributed by atoms with Crippen molar-refractivity contribution in [2.24, 2.45) is 0 Å². The minimum Gasteiger partial charge on any atom is -0.494 e. The average Bonchev–Trinajstić information content (AvgIpc) is 0.791. The fraction of sp³-hybridized carbons (Fsp3) is 0.312. The zero-order valence-electron chi connectivity index (χ0n) is 51.3. The summed E-state index contributed by atoms with van der Waals surface area (Å²) in [6.07, 6.45) is -10.3. The summed E-state index contributed by atoms with van der Waals surface area (Å²) in [5.41, 5.74) is -6.83. The molecule has 0 bridgehead atoms. The summed E-state index contributed by atoms with van der Waals surface area (Å²) in [6.45, 7) is 17.1. The third kappa shape index (κ3) is 19.2. The summed E-state index contributed by atoms with van der Waals surface area (Å²) >= 11 is 23.6. The van der Waals surface area contributed by atoms with Crippen LogP contribution in [0.1, 0.15) is 126 Å². The van der Waals surface area contributed by atoms with Gasteiger partial charge in [-0.3, -0.25) is 28.8 Å². The largest absolute Gasteiger partial charge is 0.494 e. The standard InChI is InChI=1S/C29H23BrClF4N3O4.C18H15ClN2O3.C11H9BrClF4NO.C6H15N/c1-5-37(26(40)18-11-9-17(15-36)10-12-18)23-8-6-7-20(25(23)42-4)27(41)38(16(2)39)24-21(30)13-19(14-22(24)31)28(3,32)29(33,34)35;1-3-21(18(23)13-9-7-12(11-20)8-10-13)15-6-4-5-14(17(19)22)16(15)24-2;1-5(19)18-9-7(12)3-6(4-8(9)13)10(2,14)11(15,16)17;1-4-7(5-2)6-3/h6-14H,5H2,1-4H3;4-10H,3H2,1-2H3;3-4H,1-2H3,(H,18,19);4-6H2,1-3H3. The predicted molar refractivity (Wildman–Crippen MR) is 346 cm³/mol. The van der Waals surface area contributed by atoms with Crippen LogP contribution in [0.3, 0.4) is 0 Å². The van der Waals surface area contributed by atoms with Crippen LogP contribution in [0.4, 0.5) is 57.9 Å². The number of alkyl halides is 8. The van der Waals surface area contributed by atoms with Crippen LogP contribution < -0.4 is 29.5 Å². The normalized spacial score (nSPS) is 12.2. The second kappa shape index (κ2) is 34.3. The molecule has 0 aliphatic heterocycles. The SMILES string of the molecule is CC(=O)Nc1c(Cl)cc(C(C)(F)C(F)(F)F)cc1Br.CCN(C(=O)c1ccc(C#N)cc1)c1cccc(C(=O)Cl)c1OC.CCN(C(=O)c1ccc(C#N)cc1)c1cccc(C(=O)N(C(C)=O)c2c(Cl)cc(C(C)(F)C(F)(F)F)cc2Br)c1OC.CCN(CC)CC. The summed E-state index contributed by atoms with van der Waals surface area (Å²) in [6, 6.07) is 28.7. The molecule has 0 spiro atoms. The first-order valence-corrected chi connectivity index (χ1v) is 30.2. The Labute approximate surface area is 558 Å². The average molecular weight is 1480 g/mol. The number of nitrogens with zero attached hydrogens (tertiary/aromatic N) is 6. The molecule has 15 nitrogen and oxygen atoms in total. The van der Waals surface area contributed by atoms with Gasteiger partial charge in [0.1, 0.15) is 0 Å². The van der Waals surface area contributed by atoms with E-state index in [2.05, 4.69) is 62.8 Å². The van der Waals surface area contributed by atoms with Crippen LogP contribution in [-0.2, 0) is 20.9 Å². The fourth-order valence-corrected chi connectivity index (χ4v) is 10.6. The first kappa shape index (κ1) is 78.6. The number of carbonyl (C=O) groups excluding carboxylic acids is 6. The van der Waals surface area contributed by atoms with E-state index in [9.17, 15) is 63.9 Å². The Balaban J connectivity index is 0.000000371. The van der Waals surface area contributed by atoms with Crippen molar-refractivity contribution in [1.82, 2.24) is 4.90 Å².